The van der Waals surface area contributed by atoms with Gasteiger partial charge in [-0.15, -0.1) is 0 Å². The molecule has 0 heterocycles. The fourth-order valence-corrected chi connectivity index (χ4v) is 1.28. The minimum Gasteiger partial charge on any atom is -0.544 e. The average Bonchev–Trinajstić information content (AvgIpc) is 2.26. The molecule has 82 valence electrons. The third kappa shape index (κ3) is 2.96. The molecule has 0 unspecified atom stereocenters. The Labute approximate surface area is 94.6 Å². The number of nitriles is 1. The highest BCUT2D eigenvalue weighted by Gasteiger charge is 1.99. The summed E-state index contributed by atoms with van der Waals surface area (Å²) < 4.78 is 0. The molecule has 1 aromatic rings. The van der Waals surface area contributed by atoms with Gasteiger partial charge in [0.1, 0.15) is 6.07 Å². The van der Waals surface area contributed by atoms with Crippen LogP contribution in [0, 0.1) is 11.3 Å². The minimum absolute atomic E-state index is 0.364. The fourth-order valence-electron chi connectivity index (χ4n) is 1.28. The minimum atomic E-state index is -1.45. The Bertz CT molecular complexity index is 450. The van der Waals surface area contributed by atoms with Crippen molar-refractivity contribution in [2.24, 2.45) is 0 Å². The van der Waals surface area contributed by atoms with E-state index in [2.05, 4.69) is 13.8 Å². The molecule has 0 radical (unpaired) electrons. The van der Waals surface area contributed by atoms with Crippen LogP contribution in [0.25, 0.3) is 6.08 Å². The second-order valence-electron chi connectivity index (χ2n) is 3.78. The number of carbonyl (C=O) groups excluding carboxylic acids is 1. The largest absolute Gasteiger partial charge is 0.544 e. The highest BCUT2D eigenvalue weighted by atomic mass is 16.4. The van der Waals surface area contributed by atoms with Crippen molar-refractivity contribution in [3.05, 3.63) is 41.0 Å². The van der Waals surface area contributed by atoms with Gasteiger partial charge in [-0.3, -0.25) is 0 Å². The van der Waals surface area contributed by atoms with Crippen molar-refractivity contribution in [3.63, 3.8) is 0 Å². The molecule has 3 heteroatoms. The van der Waals surface area contributed by atoms with Crippen LogP contribution in [0.4, 0.5) is 0 Å². The number of nitrogens with zero attached hydrogens (tertiary/aromatic N) is 1. The average molecular weight is 214 g/mol. The molecule has 0 saturated heterocycles. The van der Waals surface area contributed by atoms with Gasteiger partial charge in [-0.1, -0.05) is 38.1 Å². The summed E-state index contributed by atoms with van der Waals surface area (Å²) in [7, 11) is 0. The zero-order valence-electron chi connectivity index (χ0n) is 9.23. The molecule has 0 atom stereocenters. The quantitative estimate of drug-likeness (QED) is 0.565. The fraction of sp³-hybridized carbons (Fsp3) is 0.231. The Morgan fingerprint density at radius 3 is 2.31 bits per heavy atom. The molecule has 0 aliphatic heterocycles. The van der Waals surface area contributed by atoms with Crippen LogP contribution in [0.15, 0.2) is 29.8 Å². The Kier molecular flexibility index (Phi) is 3.84. The van der Waals surface area contributed by atoms with Gasteiger partial charge in [-0.2, -0.15) is 5.26 Å². The second-order valence-corrected chi connectivity index (χ2v) is 3.78. The van der Waals surface area contributed by atoms with Gasteiger partial charge < -0.3 is 9.90 Å². The third-order valence-electron chi connectivity index (χ3n) is 2.25. The normalized spacial score (nSPS) is 11.2. The van der Waals surface area contributed by atoms with Crippen molar-refractivity contribution in [1.29, 1.82) is 5.26 Å². The molecule has 0 amide bonds. The Morgan fingerprint density at radius 1 is 1.38 bits per heavy atom. The van der Waals surface area contributed by atoms with E-state index in [0.29, 0.717) is 11.5 Å². The van der Waals surface area contributed by atoms with E-state index in [1.165, 1.54) is 11.6 Å². The maximum absolute atomic E-state index is 10.5. The molecular weight excluding hydrogens is 202 g/mol. The van der Waals surface area contributed by atoms with Gasteiger partial charge in [-0.25, -0.2) is 0 Å². The number of hydrogen-bond donors (Lipinski definition) is 0. The molecular formula is C13H12NO2-. The summed E-state index contributed by atoms with van der Waals surface area (Å²) in [5.74, 6) is -1.02. The van der Waals surface area contributed by atoms with E-state index in [1.54, 1.807) is 18.2 Å². The van der Waals surface area contributed by atoms with E-state index < -0.39 is 5.97 Å². The number of carboxylic acid groups (broad SMARTS) is 1. The lowest BCUT2D eigenvalue weighted by Crippen LogP contribution is -2.23. The maximum atomic E-state index is 10.5. The summed E-state index contributed by atoms with van der Waals surface area (Å²) in [6, 6.07) is 9.00. The summed E-state index contributed by atoms with van der Waals surface area (Å²) in [4.78, 5) is 10.5. The lowest BCUT2D eigenvalue weighted by atomic mass is 10.0. The molecule has 0 fully saturated rings. The van der Waals surface area contributed by atoms with Crippen molar-refractivity contribution < 1.29 is 9.90 Å². The van der Waals surface area contributed by atoms with Crippen LogP contribution in [0.5, 0.6) is 0 Å². The van der Waals surface area contributed by atoms with E-state index in [4.69, 9.17) is 5.26 Å². The molecule has 16 heavy (non-hydrogen) atoms. The predicted molar refractivity (Wildman–Crippen MR) is 59.1 cm³/mol. The van der Waals surface area contributed by atoms with Crippen molar-refractivity contribution in [2.75, 3.05) is 0 Å². The van der Waals surface area contributed by atoms with Crippen LogP contribution in [0.1, 0.15) is 30.9 Å². The van der Waals surface area contributed by atoms with Gasteiger partial charge >= 0.3 is 0 Å². The van der Waals surface area contributed by atoms with E-state index >= 15 is 0 Å². The van der Waals surface area contributed by atoms with E-state index in [1.807, 2.05) is 12.1 Å². The van der Waals surface area contributed by atoms with Crippen LogP contribution >= 0.6 is 0 Å². The van der Waals surface area contributed by atoms with Gasteiger partial charge in [0.15, 0.2) is 0 Å². The lowest BCUT2D eigenvalue weighted by molar-refractivity contribution is -0.298. The molecule has 0 aliphatic carbocycles. The highest BCUT2D eigenvalue weighted by molar-refractivity contribution is 5.95. The molecule has 0 bridgehead atoms. The third-order valence-corrected chi connectivity index (χ3v) is 2.25. The first-order chi connectivity index (χ1) is 7.54. The van der Waals surface area contributed by atoms with Gasteiger partial charge in [0.25, 0.3) is 0 Å². The molecule has 1 aromatic carbocycles. The zero-order valence-corrected chi connectivity index (χ0v) is 9.23. The summed E-state index contributed by atoms with van der Waals surface area (Å²) in [5, 5.41) is 19.1. The van der Waals surface area contributed by atoms with E-state index in [0.717, 1.165) is 0 Å². The molecule has 3 nitrogen and oxygen atoms in total. The van der Waals surface area contributed by atoms with Crippen molar-refractivity contribution >= 4 is 12.0 Å². The molecule has 0 spiro atoms. The number of aliphatic carboxylic acids is 1. The Balaban J connectivity index is 3.00. The van der Waals surface area contributed by atoms with Crippen molar-refractivity contribution in [3.8, 4) is 6.07 Å². The smallest absolute Gasteiger partial charge is 0.101 e. The van der Waals surface area contributed by atoms with Crippen LogP contribution < -0.4 is 5.11 Å². The number of hydrogen-bond acceptors (Lipinski definition) is 3. The number of carbonyl (C=O) groups is 1. The van der Waals surface area contributed by atoms with Crippen molar-refractivity contribution in [1.82, 2.24) is 0 Å². The zero-order chi connectivity index (χ0) is 12.1. The van der Waals surface area contributed by atoms with Gasteiger partial charge in [0, 0.05) is 0 Å². The van der Waals surface area contributed by atoms with E-state index in [-0.39, 0.29) is 5.57 Å². The number of carboxylic acids is 1. The monoisotopic (exact) mass is 214 g/mol. The molecule has 0 aliphatic rings. The number of benzene rings is 1. The second kappa shape index (κ2) is 5.13. The molecule has 0 N–H and O–H groups in total. The first-order valence-corrected chi connectivity index (χ1v) is 4.97. The first-order valence-electron chi connectivity index (χ1n) is 4.97. The lowest BCUT2D eigenvalue weighted by Gasteiger charge is -2.05. The van der Waals surface area contributed by atoms with Gasteiger partial charge in [-0.05, 0) is 23.1 Å². The van der Waals surface area contributed by atoms with Gasteiger partial charge in [0.2, 0.25) is 0 Å². The topological polar surface area (TPSA) is 63.9 Å². The van der Waals surface area contributed by atoms with Crippen LogP contribution in [0.3, 0.4) is 0 Å². The SMILES string of the molecule is CC(C)c1ccc(/C=C(/C#N)C(=O)[O-])cc1. The first kappa shape index (κ1) is 12.0. The van der Waals surface area contributed by atoms with Gasteiger partial charge in [0.05, 0.1) is 11.5 Å². The molecule has 0 saturated carbocycles. The Morgan fingerprint density at radius 2 is 1.94 bits per heavy atom. The summed E-state index contributed by atoms with van der Waals surface area (Å²) >= 11 is 0. The summed E-state index contributed by atoms with van der Waals surface area (Å²) in [6.07, 6.45) is 1.30. The summed E-state index contributed by atoms with van der Waals surface area (Å²) in [6.45, 7) is 4.15. The van der Waals surface area contributed by atoms with Crippen LogP contribution in [-0.4, -0.2) is 5.97 Å². The molecule has 0 aromatic heterocycles. The standard InChI is InChI=1S/C13H13NO2/c1-9(2)11-5-3-10(4-6-11)7-12(8-14)13(15)16/h3-7,9H,1-2H3,(H,15,16)/p-1/b12-7-. The van der Waals surface area contributed by atoms with Crippen molar-refractivity contribution in [2.45, 2.75) is 19.8 Å². The molecule has 1 rings (SSSR count). The maximum Gasteiger partial charge on any atom is 0.101 e. The predicted octanol–water partition coefficient (Wildman–Crippen LogP) is 1.47. The van der Waals surface area contributed by atoms with E-state index in [9.17, 15) is 9.90 Å². The highest BCUT2D eigenvalue weighted by Crippen LogP contribution is 2.16. The number of rotatable bonds is 3. The Hall–Kier alpha value is -2.08. The summed E-state index contributed by atoms with van der Waals surface area (Å²) in [5.41, 5.74) is 1.49. The van der Waals surface area contributed by atoms with Crippen LogP contribution in [0.2, 0.25) is 0 Å². The van der Waals surface area contributed by atoms with Crippen LogP contribution in [-0.2, 0) is 4.79 Å².